The number of Topliss-reactive ketones (excluding diaryl/α,β-unsaturated/α-hetero) is 1. The number of hydrogen-bond acceptors (Lipinski definition) is 3. The molecule has 14 heavy (non-hydrogen) atoms. The molecule has 1 saturated carbocycles. The number of H-pyrrole nitrogens is 1. The number of aromatic nitrogens is 1. The van der Waals surface area contributed by atoms with Gasteiger partial charge in [-0.3, -0.25) is 9.78 Å². The molecule has 3 N–H and O–H groups in total. The van der Waals surface area contributed by atoms with E-state index in [9.17, 15) is 15.0 Å². The molecule has 0 spiro atoms. The fraction of sp³-hybridized carbons (Fsp3) is 0.500. The SMILES string of the molecule is O=C1CC2CCC1c1c(O)[nH]c(O)c12. The Labute approximate surface area is 80.6 Å². The van der Waals surface area contributed by atoms with Crippen molar-refractivity contribution >= 4 is 5.78 Å². The average molecular weight is 193 g/mol. The van der Waals surface area contributed by atoms with E-state index in [0.717, 1.165) is 18.4 Å². The number of fused-ring (bicyclic) bond motifs is 2. The molecular weight excluding hydrogens is 182 g/mol. The van der Waals surface area contributed by atoms with E-state index in [1.807, 2.05) is 0 Å². The Bertz CT molecular complexity index is 421. The molecular formula is C10H11NO3. The van der Waals surface area contributed by atoms with E-state index >= 15 is 0 Å². The normalized spacial score (nSPS) is 29.3. The van der Waals surface area contributed by atoms with E-state index in [2.05, 4.69) is 4.98 Å². The first-order valence-corrected chi connectivity index (χ1v) is 4.85. The van der Waals surface area contributed by atoms with Crippen molar-refractivity contribution in [3.63, 3.8) is 0 Å². The van der Waals surface area contributed by atoms with Crippen LogP contribution in [0.25, 0.3) is 0 Å². The van der Waals surface area contributed by atoms with Crippen LogP contribution < -0.4 is 0 Å². The zero-order valence-corrected chi connectivity index (χ0v) is 7.58. The summed E-state index contributed by atoms with van der Waals surface area (Å²) in [4.78, 5) is 14.1. The van der Waals surface area contributed by atoms with Crippen LogP contribution in [0.4, 0.5) is 0 Å². The minimum absolute atomic E-state index is 0.0275. The highest BCUT2D eigenvalue weighted by Gasteiger charge is 2.43. The molecule has 4 rings (SSSR count). The number of nitrogens with one attached hydrogen (secondary N) is 1. The highest BCUT2D eigenvalue weighted by molar-refractivity contribution is 5.91. The molecule has 74 valence electrons. The van der Waals surface area contributed by atoms with Gasteiger partial charge in [-0.25, -0.2) is 0 Å². The van der Waals surface area contributed by atoms with Gasteiger partial charge in [0.05, 0.1) is 0 Å². The molecule has 2 unspecified atom stereocenters. The van der Waals surface area contributed by atoms with Gasteiger partial charge >= 0.3 is 0 Å². The number of aromatic hydroxyl groups is 2. The minimum atomic E-state index is -0.188. The molecule has 0 saturated heterocycles. The molecule has 0 radical (unpaired) electrons. The Kier molecular flexibility index (Phi) is 1.31. The fourth-order valence-electron chi connectivity index (χ4n) is 2.84. The van der Waals surface area contributed by atoms with E-state index < -0.39 is 0 Å². The molecule has 4 nitrogen and oxygen atoms in total. The van der Waals surface area contributed by atoms with Crippen molar-refractivity contribution in [1.82, 2.24) is 4.98 Å². The van der Waals surface area contributed by atoms with Crippen LogP contribution >= 0.6 is 0 Å². The molecule has 0 amide bonds. The van der Waals surface area contributed by atoms with Crippen LogP contribution in [0.3, 0.4) is 0 Å². The molecule has 1 heterocycles. The lowest BCUT2D eigenvalue weighted by Crippen LogP contribution is -2.28. The van der Waals surface area contributed by atoms with Crippen molar-refractivity contribution in [1.29, 1.82) is 0 Å². The predicted molar refractivity (Wildman–Crippen MR) is 48.5 cm³/mol. The van der Waals surface area contributed by atoms with Gasteiger partial charge in [0.25, 0.3) is 0 Å². The second kappa shape index (κ2) is 2.32. The van der Waals surface area contributed by atoms with E-state index in [1.165, 1.54) is 0 Å². The van der Waals surface area contributed by atoms with E-state index in [0.29, 0.717) is 12.0 Å². The van der Waals surface area contributed by atoms with E-state index in [1.54, 1.807) is 0 Å². The van der Waals surface area contributed by atoms with Crippen LogP contribution in [-0.4, -0.2) is 21.0 Å². The first-order valence-electron chi connectivity index (χ1n) is 4.85. The molecule has 3 aliphatic carbocycles. The summed E-state index contributed by atoms with van der Waals surface area (Å²) in [5.74, 6) is 0.134. The summed E-state index contributed by atoms with van der Waals surface area (Å²) in [7, 11) is 0. The molecule has 1 aromatic rings. The van der Waals surface area contributed by atoms with Crippen molar-refractivity contribution in [3.05, 3.63) is 11.1 Å². The lowest BCUT2D eigenvalue weighted by molar-refractivity contribution is -0.123. The standard InChI is InChI=1S/C10H11NO3/c12-6-3-4-1-2-5(6)8-7(4)9(13)11-10(8)14/h4-5,11,13-14H,1-3H2. The monoisotopic (exact) mass is 193 g/mol. The summed E-state index contributed by atoms with van der Waals surface area (Å²) in [6, 6.07) is 0. The van der Waals surface area contributed by atoms with Crippen LogP contribution in [0.15, 0.2) is 0 Å². The first-order chi connectivity index (χ1) is 6.68. The van der Waals surface area contributed by atoms with Crippen molar-refractivity contribution in [3.8, 4) is 11.8 Å². The van der Waals surface area contributed by atoms with Gasteiger partial charge in [0, 0.05) is 23.5 Å². The molecule has 4 heteroatoms. The topological polar surface area (TPSA) is 73.3 Å². The molecule has 0 aromatic carbocycles. The third-order valence-corrected chi connectivity index (χ3v) is 3.43. The van der Waals surface area contributed by atoms with Gasteiger partial charge in [0.1, 0.15) is 5.78 Å². The summed E-state index contributed by atoms with van der Waals surface area (Å²) >= 11 is 0. The van der Waals surface area contributed by atoms with Gasteiger partial charge < -0.3 is 10.2 Å². The largest absolute Gasteiger partial charge is 0.494 e. The Morgan fingerprint density at radius 3 is 2.57 bits per heavy atom. The summed E-state index contributed by atoms with van der Waals surface area (Å²) in [5.41, 5.74) is 1.42. The molecule has 1 aromatic heterocycles. The lowest BCUT2D eigenvalue weighted by atomic mass is 9.67. The number of aromatic amines is 1. The van der Waals surface area contributed by atoms with Crippen LogP contribution in [0.2, 0.25) is 0 Å². The van der Waals surface area contributed by atoms with Crippen LogP contribution in [0, 0.1) is 0 Å². The van der Waals surface area contributed by atoms with E-state index in [4.69, 9.17) is 0 Å². The van der Waals surface area contributed by atoms with Crippen molar-refractivity contribution in [2.75, 3.05) is 0 Å². The van der Waals surface area contributed by atoms with Gasteiger partial charge in [-0.15, -0.1) is 0 Å². The van der Waals surface area contributed by atoms with Gasteiger partial charge in [0.15, 0.2) is 11.8 Å². The number of hydrogen-bond donors (Lipinski definition) is 3. The highest BCUT2D eigenvalue weighted by atomic mass is 16.3. The van der Waals surface area contributed by atoms with Crippen molar-refractivity contribution in [2.45, 2.75) is 31.1 Å². The Morgan fingerprint density at radius 2 is 1.86 bits per heavy atom. The second-order valence-corrected chi connectivity index (χ2v) is 4.15. The Morgan fingerprint density at radius 1 is 1.14 bits per heavy atom. The number of carbonyl (C=O) groups excluding carboxylic acids is 1. The maximum Gasteiger partial charge on any atom is 0.195 e. The molecule has 2 bridgehead atoms. The third-order valence-electron chi connectivity index (χ3n) is 3.43. The van der Waals surface area contributed by atoms with E-state index in [-0.39, 0.29) is 29.4 Å². The number of ketones is 1. The average Bonchev–Trinajstić information content (AvgIpc) is 2.45. The summed E-state index contributed by atoms with van der Waals surface area (Å²) in [5, 5.41) is 19.1. The van der Waals surface area contributed by atoms with Gasteiger partial charge in [-0.2, -0.15) is 0 Å². The maximum absolute atomic E-state index is 11.6. The van der Waals surface area contributed by atoms with Crippen molar-refractivity contribution in [2.24, 2.45) is 0 Å². The molecule has 3 aliphatic rings. The molecule has 0 aliphatic heterocycles. The van der Waals surface area contributed by atoms with Crippen LogP contribution in [0.5, 0.6) is 11.8 Å². The smallest absolute Gasteiger partial charge is 0.195 e. The lowest BCUT2D eigenvalue weighted by Gasteiger charge is -2.34. The van der Waals surface area contributed by atoms with Gasteiger partial charge in [-0.1, -0.05) is 0 Å². The first kappa shape index (κ1) is 7.91. The molecule has 1 fully saturated rings. The van der Waals surface area contributed by atoms with Crippen LogP contribution in [-0.2, 0) is 4.79 Å². The summed E-state index contributed by atoms with van der Waals surface area (Å²) < 4.78 is 0. The Hall–Kier alpha value is -1.45. The number of rotatable bonds is 0. The fourth-order valence-corrected chi connectivity index (χ4v) is 2.84. The van der Waals surface area contributed by atoms with Crippen molar-refractivity contribution < 1.29 is 15.0 Å². The molecule has 2 atom stereocenters. The summed E-state index contributed by atoms with van der Waals surface area (Å²) in [6.07, 6.45) is 2.26. The van der Waals surface area contributed by atoms with Crippen LogP contribution in [0.1, 0.15) is 42.2 Å². The Balaban J connectivity index is 2.27. The van der Waals surface area contributed by atoms with Gasteiger partial charge in [0.2, 0.25) is 0 Å². The number of carbonyl (C=O) groups is 1. The zero-order valence-electron chi connectivity index (χ0n) is 7.58. The third kappa shape index (κ3) is 0.761. The second-order valence-electron chi connectivity index (χ2n) is 4.15. The minimum Gasteiger partial charge on any atom is -0.494 e. The highest BCUT2D eigenvalue weighted by Crippen LogP contribution is 2.53. The maximum atomic E-state index is 11.6. The quantitative estimate of drug-likeness (QED) is 0.582. The predicted octanol–water partition coefficient (Wildman–Crippen LogP) is 1.36. The van der Waals surface area contributed by atoms with Gasteiger partial charge in [-0.05, 0) is 18.8 Å². The zero-order chi connectivity index (χ0) is 9.87. The summed E-state index contributed by atoms with van der Waals surface area (Å²) in [6.45, 7) is 0.